The molecule has 0 saturated carbocycles. The molecule has 1 fully saturated rings. The predicted molar refractivity (Wildman–Crippen MR) is 70.8 cm³/mol. The average Bonchev–Trinajstić information content (AvgIpc) is 2.40. The van der Waals surface area contributed by atoms with Crippen LogP contribution in [-0.4, -0.2) is 37.7 Å². The van der Waals surface area contributed by atoms with Crippen molar-refractivity contribution in [2.45, 2.75) is 19.3 Å². The number of carbonyl (C=O) groups is 1. The highest BCUT2D eigenvalue weighted by atomic mass is 16.5. The van der Waals surface area contributed by atoms with Crippen molar-refractivity contribution >= 4 is 17.4 Å². The van der Waals surface area contributed by atoms with Gasteiger partial charge < -0.3 is 15.0 Å². The molecule has 1 aromatic heterocycles. The van der Waals surface area contributed by atoms with E-state index < -0.39 is 0 Å². The highest BCUT2D eigenvalue weighted by Gasteiger charge is 2.16. The Morgan fingerprint density at radius 2 is 2.22 bits per heavy atom. The summed E-state index contributed by atoms with van der Waals surface area (Å²) in [6.07, 6.45) is 5.40. The molecule has 2 heterocycles. The third-order valence-electron chi connectivity index (χ3n) is 2.99. The monoisotopic (exact) mass is 249 g/mol. The first-order valence-electron chi connectivity index (χ1n) is 6.30. The Hall–Kier alpha value is -1.62. The second kappa shape index (κ2) is 6.35. The van der Waals surface area contributed by atoms with Crippen molar-refractivity contribution in [3.05, 3.63) is 18.3 Å². The largest absolute Gasteiger partial charge is 0.375 e. The Bertz CT molecular complexity index is 403. The van der Waals surface area contributed by atoms with Crippen LogP contribution in [0.3, 0.4) is 0 Å². The maximum Gasteiger partial charge on any atom is 0.250 e. The molecule has 0 aromatic carbocycles. The number of nitrogens with zero attached hydrogens (tertiary/aromatic N) is 2. The molecule has 18 heavy (non-hydrogen) atoms. The Morgan fingerprint density at radius 1 is 1.44 bits per heavy atom. The Labute approximate surface area is 107 Å². The van der Waals surface area contributed by atoms with Crippen molar-refractivity contribution in [2.75, 3.05) is 37.0 Å². The smallest absolute Gasteiger partial charge is 0.250 e. The summed E-state index contributed by atoms with van der Waals surface area (Å²) in [6, 6.07) is 3.71. The number of hydrogen-bond acceptors (Lipinski definition) is 4. The van der Waals surface area contributed by atoms with Gasteiger partial charge in [0.2, 0.25) is 5.91 Å². The van der Waals surface area contributed by atoms with Crippen LogP contribution in [-0.2, 0) is 9.53 Å². The summed E-state index contributed by atoms with van der Waals surface area (Å²) < 4.78 is 4.82. The number of methoxy groups -OCH3 is 1. The standard InChI is InChI=1S/C13H19N3O2/c1-18-10-12(17)15-11-6-5-7-14-13(11)16-8-3-2-4-9-16/h5-7H,2-4,8-10H2,1H3,(H,15,17). The molecule has 5 nitrogen and oxygen atoms in total. The first-order chi connectivity index (χ1) is 8.81. The molecule has 0 radical (unpaired) electrons. The minimum Gasteiger partial charge on any atom is -0.375 e. The van der Waals surface area contributed by atoms with Crippen molar-refractivity contribution in [2.24, 2.45) is 0 Å². The molecular formula is C13H19N3O2. The minimum absolute atomic E-state index is 0.0638. The number of ether oxygens (including phenoxy) is 1. The van der Waals surface area contributed by atoms with Crippen molar-refractivity contribution in [3.63, 3.8) is 0 Å². The number of anilines is 2. The lowest BCUT2D eigenvalue weighted by molar-refractivity contribution is -0.119. The van der Waals surface area contributed by atoms with E-state index in [2.05, 4.69) is 15.2 Å². The first-order valence-corrected chi connectivity index (χ1v) is 6.30. The Balaban J connectivity index is 2.11. The average molecular weight is 249 g/mol. The van der Waals surface area contributed by atoms with Gasteiger partial charge in [0, 0.05) is 26.4 Å². The molecule has 0 aliphatic carbocycles. The van der Waals surface area contributed by atoms with Gasteiger partial charge in [0.05, 0.1) is 5.69 Å². The van der Waals surface area contributed by atoms with Gasteiger partial charge >= 0.3 is 0 Å². The van der Waals surface area contributed by atoms with Crippen LogP contribution in [0, 0.1) is 0 Å². The molecular weight excluding hydrogens is 230 g/mol. The van der Waals surface area contributed by atoms with Crippen molar-refractivity contribution in [1.29, 1.82) is 0 Å². The van der Waals surface area contributed by atoms with Crippen molar-refractivity contribution < 1.29 is 9.53 Å². The molecule has 1 aliphatic heterocycles. The van der Waals surface area contributed by atoms with Gasteiger partial charge in [-0.2, -0.15) is 0 Å². The topological polar surface area (TPSA) is 54.5 Å². The van der Waals surface area contributed by atoms with Crippen molar-refractivity contribution in [1.82, 2.24) is 4.98 Å². The zero-order chi connectivity index (χ0) is 12.8. The van der Waals surface area contributed by atoms with E-state index in [-0.39, 0.29) is 12.5 Å². The zero-order valence-corrected chi connectivity index (χ0v) is 10.7. The normalized spacial score (nSPS) is 15.5. The van der Waals surface area contributed by atoms with Crippen LogP contribution in [0.2, 0.25) is 0 Å². The van der Waals surface area contributed by atoms with Gasteiger partial charge in [-0.05, 0) is 31.4 Å². The summed E-state index contributed by atoms with van der Waals surface area (Å²) in [5.74, 6) is 0.713. The zero-order valence-electron chi connectivity index (χ0n) is 10.7. The Morgan fingerprint density at radius 3 is 2.94 bits per heavy atom. The van der Waals surface area contributed by atoms with E-state index in [4.69, 9.17) is 4.74 Å². The SMILES string of the molecule is COCC(=O)Nc1cccnc1N1CCCCC1. The van der Waals surface area contributed by atoms with Crippen molar-refractivity contribution in [3.8, 4) is 0 Å². The van der Waals surface area contributed by atoms with Crippen LogP contribution in [0.25, 0.3) is 0 Å². The van der Waals surface area contributed by atoms with Crippen LogP contribution in [0.15, 0.2) is 18.3 Å². The van der Waals surface area contributed by atoms with Gasteiger partial charge in [-0.25, -0.2) is 4.98 Å². The van der Waals surface area contributed by atoms with Crippen LogP contribution in [0.1, 0.15) is 19.3 Å². The Kier molecular flexibility index (Phi) is 4.52. The molecule has 0 unspecified atom stereocenters. The van der Waals surface area contributed by atoms with Gasteiger partial charge in [-0.3, -0.25) is 4.79 Å². The van der Waals surface area contributed by atoms with E-state index in [1.807, 2.05) is 12.1 Å². The fourth-order valence-corrected chi connectivity index (χ4v) is 2.17. The second-order valence-electron chi connectivity index (χ2n) is 4.40. The number of pyridine rings is 1. The van der Waals surface area contributed by atoms with Gasteiger partial charge in [0.15, 0.2) is 5.82 Å². The van der Waals surface area contributed by atoms with E-state index in [0.717, 1.165) is 24.6 Å². The quantitative estimate of drug-likeness (QED) is 0.881. The lowest BCUT2D eigenvalue weighted by Crippen LogP contribution is -2.31. The second-order valence-corrected chi connectivity index (χ2v) is 4.40. The highest BCUT2D eigenvalue weighted by Crippen LogP contribution is 2.25. The number of hydrogen-bond donors (Lipinski definition) is 1. The minimum atomic E-state index is -0.149. The summed E-state index contributed by atoms with van der Waals surface area (Å²) >= 11 is 0. The van der Waals surface area contributed by atoms with E-state index in [1.54, 1.807) is 6.20 Å². The van der Waals surface area contributed by atoms with Gasteiger partial charge in [-0.15, -0.1) is 0 Å². The molecule has 1 aromatic rings. The molecule has 1 aliphatic rings. The molecule has 0 bridgehead atoms. The van der Waals surface area contributed by atoms with E-state index in [9.17, 15) is 4.79 Å². The maximum absolute atomic E-state index is 11.6. The third kappa shape index (κ3) is 3.20. The molecule has 1 amide bonds. The molecule has 0 atom stereocenters. The number of piperidine rings is 1. The predicted octanol–water partition coefficient (Wildman–Crippen LogP) is 1.66. The maximum atomic E-state index is 11.6. The fourth-order valence-electron chi connectivity index (χ4n) is 2.17. The number of rotatable bonds is 4. The van der Waals surface area contributed by atoms with Gasteiger partial charge in [-0.1, -0.05) is 0 Å². The van der Waals surface area contributed by atoms with E-state index in [1.165, 1.54) is 26.4 Å². The lowest BCUT2D eigenvalue weighted by Gasteiger charge is -2.29. The van der Waals surface area contributed by atoms with Crippen LogP contribution in [0.4, 0.5) is 11.5 Å². The molecule has 98 valence electrons. The lowest BCUT2D eigenvalue weighted by atomic mass is 10.1. The van der Waals surface area contributed by atoms with Crippen LogP contribution in [0.5, 0.6) is 0 Å². The molecule has 1 N–H and O–H groups in total. The molecule has 2 rings (SSSR count). The summed E-state index contributed by atoms with van der Waals surface area (Å²) in [6.45, 7) is 2.07. The number of nitrogens with one attached hydrogen (secondary N) is 1. The molecule has 1 saturated heterocycles. The first kappa shape index (κ1) is 12.8. The summed E-state index contributed by atoms with van der Waals surface area (Å²) in [5.41, 5.74) is 0.765. The molecule has 0 spiro atoms. The fraction of sp³-hybridized carbons (Fsp3) is 0.538. The number of carbonyl (C=O) groups excluding carboxylic acids is 1. The third-order valence-corrected chi connectivity index (χ3v) is 2.99. The molecule has 5 heteroatoms. The van der Waals surface area contributed by atoms with Crippen LogP contribution >= 0.6 is 0 Å². The summed E-state index contributed by atoms with van der Waals surface area (Å²) in [4.78, 5) is 18.2. The van der Waals surface area contributed by atoms with E-state index in [0.29, 0.717) is 0 Å². The summed E-state index contributed by atoms with van der Waals surface area (Å²) in [5, 5.41) is 2.84. The van der Waals surface area contributed by atoms with Gasteiger partial charge in [0.25, 0.3) is 0 Å². The van der Waals surface area contributed by atoms with Gasteiger partial charge in [0.1, 0.15) is 6.61 Å². The highest BCUT2D eigenvalue weighted by molar-refractivity contribution is 5.94. The number of amides is 1. The van der Waals surface area contributed by atoms with Crippen LogP contribution < -0.4 is 10.2 Å². The van der Waals surface area contributed by atoms with E-state index >= 15 is 0 Å². The summed E-state index contributed by atoms with van der Waals surface area (Å²) in [7, 11) is 1.51. The number of aromatic nitrogens is 1.